The van der Waals surface area contributed by atoms with Gasteiger partial charge in [0.25, 0.3) is 0 Å². The number of nitrogens with one attached hydrogen (secondary N) is 1. The first-order chi connectivity index (χ1) is 3.69. The lowest BCUT2D eigenvalue weighted by atomic mass is 9.94. The highest BCUT2D eigenvalue weighted by Gasteiger charge is 2.40. The molecule has 0 spiro atoms. The molecule has 1 nitrogen and oxygen atoms in total. The van der Waals surface area contributed by atoms with E-state index in [1.54, 1.807) is 0 Å². The van der Waals surface area contributed by atoms with Crippen LogP contribution in [0.25, 0.3) is 0 Å². The molecule has 0 aromatic rings. The summed E-state index contributed by atoms with van der Waals surface area (Å²) in [6.07, 6.45) is 1.30. The lowest BCUT2D eigenvalue weighted by Gasteiger charge is -2.13. The van der Waals surface area contributed by atoms with Crippen molar-refractivity contribution in [1.82, 2.24) is 5.32 Å². The van der Waals surface area contributed by atoms with E-state index in [1.807, 2.05) is 0 Å². The Hall–Kier alpha value is -0.0400. The molecule has 0 amide bonds. The van der Waals surface area contributed by atoms with E-state index >= 15 is 0 Å². The van der Waals surface area contributed by atoms with Gasteiger partial charge in [0.15, 0.2) is 0 Å². The van der Waals surface area contributed by atoms with E-state index < -0.39 is 0 Å². The van der Waals surface area contributed by atoms with E-state index in [9.17, 15) is 0 Å². The molecule has 1 heterocycles. The Balaban J connectivity index is 2.34. The quantitative estimate of drug-likeness (QED) is 0.537. The van der Waals surface area contributed by atoms with Gasteiger partial charge in [-0.05, 0) is 12.8 Å². The van der Waals surface area contributed by atoms with Crippen LogP contribution in [0.4, 0.5) is 0 Å². The number of hydrogen-bond donors (Lipinski definition) is 1. The van der Waals surface area contributed by atoms with Crippen LogP contribution in [0.15, 0.2) is 0 Å². The summed E-state index contributed by atoms with van der Waals surface area (Å²) in [5, 5.41) is 3.36. The van der Waals surface area contributed by atoms with E-state index in [2.05, 4.69) is 26.1 Å². The van der Waals surface area contributed by atoms with Crippen LogP contribution in [-0.2, 0) is 0 Å². The Bertz CT molecular complexity index is 84.4. The molecule has 2 atom stereocenters. The van der Waals surface area contributed by atoms with Crippen LogP contribution in [0.5, 0.6) is 0 Å². The van der Waals surface area contributed by atoms with Gasteiger partial charge in [-0.2, -0.15) is 0 Å². The minimum Gasteiger partial charge on any atom is -0.308 e. The molecule has 1 N–H and O–H groups in total. The van der Waals surface area contributed by atoms with Gasteiger partial charge in [0.1, 0.15) is 0 Å². The van der Waals surface area contributed by atoms with Gasteiger partial charge >= 0.3 is 0 Å². The van der Waals surface area contributed by atoms with Crippen molar-refractivity contribution in [3.63, 3.8) is 0 Å². The average molecular weight is 113 g/mol. The molecule has 0 saturated carbocycles. The summed E-state index contributed by atoms with van der Waals surface area (Å²) in [4.78, 5) is 0. The summed E-state index contributed by atoms with van der Waals surface area (Å²) in [6, 6.07) is 0. The summed E-state index contributed by atoms with van der Waals surface area (Å²) >= 11 is 0. The molecule has 2 unspecified atom stereocenters. The number of hydrogen-bond acceptors (Lipinski definition) is 1. The van der Waals surface area contributed by atoms with Crippen molar-refractivity contribution in [1.29, 1.82) is 0 Å². The van der Waals surface area contributed by atoms with Gasteiger partial charge in [-0.3, -0.25) is 0 Å². The summed E-state index contributed by atoms with van der Waals surface area (Å²) in [7, 11) is 0. The zero-order valence-electron chi connectivity index (χ0n) is 5.99. The summed E-state index contributed by atoms with van der Waals surface area (Å²) in [6.45, 7) is 8.07. The highest BCUT2D eigenvalue weighted by molar-refractivity contribution is 5.02. The van der Waals surface area contributed by atoms with Gasteiger partial charge in [0, 0.05) is 12.1 Å². The first kappa shape index (κ1) is 6.09. The first-order valence-electron chi connectivity index (χ1n) is 3.44. The maximum Gasteiger partial charge on any atom is 0.0304 e. The number of rotatable bonds is 2. The second kappa shape index (κ2) is 1.73. The van der Waals surface area contributed by atoms with Crippen LogP contribution in [-0.4, -0.2) is 12.1 Å². The van der Waals surface area contributed by atoms with Crippen LogP contribution in [0.2, 0.25) is 0 Å². The standard InChI is InChI=1S/C7H15N/c1-4-6(2)7(3)5-8-7/h6,8H,4-5H2,1-3H3. The Labute approximate surface area is 51.5 Å². The van der Waals surface area contributed by atoms with Gasteiger partial charge in [-0.1, -0.05) is 20.3 Å². The lowest BCUT2D eigenvalue weighted by molar-refractivity contribution is 0.437. The van der Waals surface area contributed by atoms with Crippen LogP contribution in [0.3, 0.4) is 0 Å². The molecule has 1 saturated heterocycles. The fourth-order valence-corrected chi connectivity index (χ4v) is 0.938. The van der Waals surface area contributed by atoms with Crippen LogP contribution in [0, 0.1) is 5.92 Å². The molecule has 0 aromatic heterocycles. The lowest BCUT2D eigenvalue weighted by Crippen LogP contribution is -2.19. The fourth-order valence-electron chi connectivity index (χ4n) is 0.938. The highest BCUT2D eigenvalue weighted by Crippen LogP contribution is 2.27. The van der Waals surface area contributed by atoms with E-state index in [4.69, 9.17) is 0 Å². The smallest absolute Gasteiger partial charge is 0.0304 e. The van der Waals surface area contributed by atoms with Gasteiger partial charge in [-0.25, -0.2) is 0 Å². The summed E-state index contributed by atoms with van der Waals surface area (Å²) < 4.78 is 0. The third-order valence-electron chi connectivity index (χ3n) is 2.43. The summed E-state index contributed by atoms with van der Waals surface area (Å²) in [5.41, 5.74) is 0.509. The molecule has 48 valence electrons. The molecule has 1 fully saturated rings. The van der Waals surface area contributed by atoms with Crippen LogP contribution < -0.4 is 5.32 Å². The monoisotopic (exact) mass is 113 g/mol. The predicted octanol–water partition coefficient (Wildman–Crippen LogP) is 1.39. The minimum absolute atomic E-state index is 0.509. The topological polar surface area (TPSA) is 21.9 Å². The molecule has 0 radical (unpaired) electrons. The van der Waals surface area contributed by atoms with Crippen molar-refractivity contribution in [3.8, 4) is 0 Å². The molecular weight excluding hydrogens is 98.1 g/mol. The van der Waals surface area contributed by atoms with Gasteiger partial charge in [0.2, 0.25) is 0 Å². The van der Waals surface area contributed by atoms with Crippen molar-refractivity contribution in [2.75, 3.05) is 6.54 Å². The van der Waals surface area contributed by atoms with E-state index in [-0.39, 0.29) is 0 Å². The maximum absolute atomic E-state index is 3.36. The molecule has 0 aliphatic carbocycles. The second-order valence-electron chi connectivity index (χ2n) is 3.08. The zero-order chi connectivity index (χ0) is 6.20. The maximum atomic E-state index is 3.36. The molecular formula is C7H15N. The van der Waals surface area contributed by atoms with Gasteiger partial charge in [0.05, 0.1) is 0 Å². The Kier molecular flexibility index (Phi) is 1.31. The molecule has 0 aromatic carbocycles. The third-order valence-corrected chi connectivity index (χ3v) is 2.43. The van der Waals surface area contributed by atoms with Crippen molar-refractivity contribution in [2.45, 2.75) is 32.7 Å². The van der Waals surface area contributed by atoms with Crippen molar-refractivity contribution in [2.24, 2.45) is 5.92 Å². The molecule has 1 rings (SSSR count). The highest BCUT2D eigenvalue weighted by atomic mass is 15.2. The average Bonchev–Trinajstić information content (AvgIpc) is 2.47. The molecule has 1 aliphatic rings. The minimum atomic E-state index is 0.509. The molecule has 8 heavy (non-hydrogen) atoms. The first-order valence-corrected chi connectivity index (χ1v) is 3.44. The Morgan fingerprint density at radius 1 is 1.75 bits per heavy atom. The van der Waals surface area contributed by atoms with E-state index in [0.717, 1.165) is 5.92 Å². The Morgan fingerprint density at radius 2 is 2.25 bits per heavy atom. The van der Waals surface area contributed by atoms with E-state index in [1.165, 1.54) is 13.0 Å². The fraction of sp³-hybridized carbons (Fsp3) is 1.00. The van der Waals surface area contributed by atoms with E-state index in [0.29, 0.717) is 5.54 Å². The summed E-state index contributed by atoms with van der Waals surface area (Å²) in [5.74, 6) is 0.850. The Morgan fingerprint density at radius 3 is 2.38 bits per heavy atom. The largest absolute Gasteiger partial charge is 0.308 e. The SMILES string of the molecule is CCC(C)C1(C)CN1. The van der Waals surface area contributed by atoms with Crippen LogP contribution >= 0.6 is 0 Å². The van der Waals surface area contributed by atoms with Gasteiger partial charge < -0.3 is 5.32 Å². The van der Waals surface area contributed by atoms with Crippen molar-refractivity contribution >= 4 is 0 Å². The van der Waals surface area contributed by atoms with Gasteiger partial charge in [-0.15, -0.1) is 0 Å². The zero-order valence-corrected chi connectivity index (χ0v) is 5.99. The second-order valence-corrected chi connectivity index (χ2v) is 3.08. The molecule has 1 aliphatic heterocycles. The van der Waals surface area contributed by atoms with Crippen molar-refractivity contribution in [3.05, 3.63) is 0 Å². The van der Waals surface area contributed by atoms with Crippen molar-refractivity contribution < 1.29 is 0 Å². The molecule has 0 bridgehead atoms. The van der Waals surface area contributed by atoms with Crippen LogP contribution in [0.1, 0.15) is 27.2 Å². The normalized spacial score (nSPS) is 39.4. The molecule has 1 heteroatoms. The predicted molar refractivity (Wildman–Crippen MR) is 35.9 cm³/mol. The third kappa shape index (κ3) is 0.873.